The van der Waals surface area contributed by atoms with Crippen LogP contribution in [0.4, 0.5) is 14.4 Å². The van der Waals surface area contributed by atoms with Crippen LogP contribution in [0.3, 0.4) is 0 Å². The molecule has 3 aromatic rings. The van der Waals surface area contributed by atoms with Crippen LogP contribution in [0, 0.1) is 0 Å². The smallest absolute Gasteiger partial charge is 0.419 e. The number of carbonyl (C=O) groups excluding carboxylic acids is 5. The minimum atomic E-state index is -0.824. The molecular formula is C46H67N5O9. The Labute approximate surface area is 355 Å². The van der Waals surface area contributed by atoms with Gasteiger partial charge in [-0.1, -0.05) is 48.5 Å². The van der Waals surface area contributed by atoms with Crippen LogP contribution in [0.1, 0.15) is 113 Å². The van der Waals surface area contributed by atoms with E-state index in [0.29, 0.717) is 37.9 Å². The molecule has 2 N–H and O–H groups in total. The predicted molar refractivity (Wildman–Crippen MR) is 231 cm³/mol. The number of nitrogens with zero attached hydrogens (tertiary/aromatic N) is 3. The van der Waals surface area contributed by atoms with Gasteiger partial charge in [0.15, 0.2) is 0 Å². The van der Waals surface area contributed by atoms with E-state index in [0.717, 1.165) is 16.5 Å². The van der Waals surface area contributed by atoms with Crippen molar-refractivity contribution in [3.05, 3.63) is 71.9 Å². The average molecular weight is 834 g/mol. The van der Waals surface area contributed by atoms with Crippen molar-refractivity contribution in [2.45, 2.75) is 156 Å². The van der Waals surface area contributed by atoms with Crippen LogP contribution in [0.25, 0.3) is 10.9 Å². The largest absolute Gasteiger partial charge is 0.459 e. The molecule has 4 rings (SSSR count). The molecule has 14 heteroatoms. The highest BCUT2D eigenvalue weighted by Gasteiger charge is 2.45. The summed E-state index contributed by atoms with van der Waals surface area (Å²) in [5.74, 6) is -0.692. The third kappa shape index (κ3) is 14.9. The number of alkyl carbamates (subject to hydrolysis) is 2. The maximum absolute atomic E-state index is 14.7. The number of carbonyl (C=O) groups is 5. The summed E-state index contributed by atoms with van der Waals surface area (Å²) in [6.45, 7) is 22.0. The Hall–Kier alpha value is -5.11. The van der Waals surface area contributed by atoms with Crippen molar-refractivity contribution in [2.75, 3.05) is 19.6 Å². The average Bonchev–Trinajstić information content (AvgIpc) is 3.46. The van der Waals surface area contributed by atoms with Gasteiger partial charge in [-0.3, -0.25) is 19.1 Å². The van der Waals surface area contributed by atoms with E-state index in [1.165, 1.54) is 4.57 Å². The van der Waals surface area contributed by atoms with Gasteiger partial charge in [-0.05, 0) is 126 Å². The molecule has 1 aliphatic rings. The monoisotopic (exact) mass is 833 g/mol. The molecule has 2 heterocycles. The Bertz CT molecular complexity index is 1950. The summed E-state index contributed by atoms with van der Waals surface area (Å²) < 4.78 is 24.3. The van der Waals surface area contributed by atoms with Crippen molar-refractivity contribution >= 4 is 41.1 Å². The van der Waals surface area contributed by atoms with Gasteiger partial charge < -0.3 is 34.5 Å². The van der Waals surface area contributed by atoms with E-state index >= 15 is 0 Å². The standard InChI is InChI=1S/C46H67N5O9/c1-43(2,3)57-38(52)30-50-36(24-18-19-25-47-40(54)58-44(4,5)6)39(53)49(27-31-20-14-13-15-21-31)29-37(50)34(48-41(55)59-45(7,8)9)26-32-28-51(42(56)60-46(10,11)12)35-23-17-16-22-33(32)35/h13-17,20-23,28,34,36-37H,18-19,24-27,29-30H2,1-12H3,(H,47,54)(H,48,55)/t34-,36-,37+/m0/s1. The molecule has 1 aromatic heterocycles. The van der Waals surface area contributed by atoms with E-state index in [1.54, 1.807) is 94.2 Å². The molecule has 1 saturated heterocycles. The minimum Gasteiger partial charge on any atom is -0.459 e. The maximum Gasteiger partial charge on any atom is 0.419 e. The molecule has 60 heavy (non-hydrogen) atoms. The number of aromatic nitrogens is 1. The quantitative estimate of drug-likeness (QED) is 0.0983. The van der Waals surface area contributed by atoms with E-state index in [4.69, 9.17) is 18.9 Å². The second kappa shape index (κ2) is 19.5. The van der Waals surface area contributed by atoms with E-state index < -0.39 is 64.8 Å². The van der Waals surface area contributed by atoms with Crippen LogP contribution >= 0.6 is 0 Å². The van der Waals surface area contributed by atoms with Crippen molar-refractivity contribution < 1.29 is 42.9 Å². The predicted octanol–water partition coefficient (Wildman–Crippen LogP) is 7.98. The molecule has 0 radical (unpaired) electrons. The summed E-state index contributed by atoms with van der Waals surface area (Å²) in [4.78, 5) is 71.9. The molecule has 3 atom stereocenters. The van der Waals surface area contributed by atoms with Gasteiger partial charge in [0.1, 0.15) is 22.4 Å². The maximum atomic E-state index is 14.7. The Kier molecular flexibility index (Phi) is 15.5. The van der Waals surface area contributed by atoms with E-state index in [9.17, 15) is 24.0 Å². The third-order valence-electron chi connectivity index (χ3n) is 9.34. The number of unbranched alkanes of at least 4 members (excludes halogenated alkanes) is 1. The van der Waals surface area contributed by atoms with Crippen molar-refractivity contribution in [1.82, 2.24) is 25.0 Å². The summed E-state index contributed by atoms with van der Waals surface area (Å²) in [6.07, 6.45) is 1.59. The number of fused-ring (bicyclic) bond motifs is 1. The highest BCUT2D eigenvalue weighted by atomic mass is 16.6. The molecular weight excluding hydrogens is 767 g/mol. The Morgan fingerprint density at radius 1 is 0.733 bits per heavy atom. The number of nitrogens with one attached hydrogen (secondary N) is 2. The van der Waals surface area contributed by atoms with Crippen LogP contribution in [0.15, 0.2) is 60.8 Å². The lowest BCUT2D eigenvalue weighted by Gasteiger charge is -2.48. The highest BCUT2D eigenvalue weighted by molar-refractivity contribution is 5.92. The molecule has 330 valence electrons. The molecule has 0 bridgehead atoms. The number of ether oxygens (including phenoxy) is 4. The Morgan fingerprint density at radius 3 is 1.93 bits per heavy atom. The number of hydrogen-bond donors (Lipinski definition) is 2. The summed E-state index contributed by atoms with van der Waals surface area (Å²) in [6, 6.07) is 14.9. The third-order valence-corrected chi connectivity index (χ3v) is 9.34. The lowest BCUT2D eigenvalue weighted by Crippen LogP contribution is -2.68. The summed E-state index contributed by atoms with van der Waals surface area (Å²) in [5, 5.41) is 6.70. The van der Waals surface area contributed by atoms with Gasteiger partial charge in [0, 0.05) is 37.3 Å². The minimum absolute atomic E-state index is 0.151. The molecule has 14 nitrogen and oxygen atoms in total. The van der Waals surface area contributed by atoms with E-state index in [2.05, 4.69) is 10.6 Å². The lowest BCUT2D eigenvalue weighted by molar-refractivity contribution is -0.162. The zero-order valence-electron chi connectivity index (χ0n) is 37.7. The number of hydrogen-bond acceptors (Lipinski definition) is 10. The van der Waals surface area contributed by atoms with Gasteiger partial charge in [0.05, 0.1) is 24.1 Å². The lowest BCUT2D eigenvalue weighted by atomic mass is 9.91. The molecule has 1 fully saturated rings. The van der Waals surface area contributed by atoms with Gasteiger partial charge in [-0.15, -0.1) is 0 Å². The van der Waals surface area contributed by atoms with E-state index in [1.807, 2.05) is 59.5 Å². The fraction of sp³-hybridized carbons (Fsp3) is 0.587. The second-order valence-electron chi connectivity index (χ2n) is 19.4. The summed E-state index contributed by atoms with van der Waals surface area (Å²) in [7, 11) is 0. The highest BCUT2D eigenvalue weighted by Crippen LogP contribution is 2.30. The first-order valence-electron chi connectivity index (χ1n) is 20.9. The number of benzene rings is 2. The first-order chi connectivity index (χ1) is 27.8. The molecule has 1 aliphatic heterocycles. The summed E-state index contributed by atoms with van der Waals surface area (Å²) >= 11 is 0. The van der Waals surface area contributed by atoms with Crippen LogP contribution in [0.5, 0.6) is 0 Å². The van der Waals surface area contributed by atoms with Crippen molar-refractivity contribution in [3.63, 3.8) is 0 Å². The SMILES string of the molecule is CC(C)(C)OC(=O)CN1[C@@H]([C@H](Cc2cn(C(=O)OC(C)(C)C)c3ccccc23)NC(=O)OC(C)(C)C)CN(Cc2ccccc2)C(=O)[C@@H]1CCCCNC(=O)OC(C)(C)C. The first kappa shape index (κ1) is 47.6. The zero-order chi connectivity index (χ0) is 44.6. The topological polar surface area (TPSA) is 158 Å². The molecule has 0 spiro atoms. The zero-order valence-corrected chi connectivity index (χ0v) is 37.7. The van der Waals surface area contributed by atoms with Crippen LogP contribution in [-0.2, 0) is 41.5 Å². The van der Waals surface area contributed by atoms with Gasteiger partial charge in [0.2, 0.25) is 5.91 Å². The van der Waals surface area contributed by atoms with Gasteiger partial charge in [-0.2, -0.15) is 0 Å². The second-order valence-corrected chi connectivity index (χ2v) is 19.4. The summed E-state index contributed by atoms with van der Waals surface area (Å²) in [5.41, 5.74) is -0.725. The fourth-order valence-corrected chi connectivity index (χ4v) is 7.17. The molecule has 0 unspecified atom stereocenters. The number of esters is 1. The molecule has 2 aromatic carbocycles. The van der Waals surface area contributed by atoms with Crippen LogP contribution in [-0.4, -0.2) is 105 Å². The van der Waals surface area contributed by atoms with Gasteiger partial charge in [0.25, 0.3) is 0 Å². The molecule has 0 saturated carbocycles. The van der Waals surface area contributed by atoms with Crippen molar-refractivity contribution in [3.8, 4) is 0 Å². The Balaban J connectivity index is 1.81. The van der Waals surface area contributed by atoms with Gasteiger partial charge in [-0.25, -0.2) is 14.4 Å². The number of rotatable bonds is 13. The van der Waals surface area contributed by atoms with Crippen molar-refractivity contribution in [2.24, 2.45) is 0 Å². The van der Waals surface area contributed by atoms with Crippen LogP contribution in [0.2, 0.25) is 0 Å². The van der Waals surface area contributed by atoms with E-state index in [-0.39, 0.29) is 25.4 Å². The van der Waals surface area contributed by atoms with Crippen molar-refractivity contribution in [1.29, 1.82) is 0 Å². The molecule has 0 aliphatic carbocycles. The fourth-order valence-electron chi connectivity index (χ4n) is 7.17. The molecule has 3 amide bonds. The normalized spacial score (nSPS) is 17.2. The first-order valence-corrected chi connectivity index (χ1v) is 20.9. The number of piperazine rings is 1. The van der Waals surface area contributed by atoms with Gasteiger partial charge >= 0.3 is 24.2 Å². The number of amides is 3. The number of para-hydroxylation sites is 1. The Morgan fingerprint density at radius 2 is 1.32 bits per heavy atom. The van der Waals surface area contributed by atoms with Crippen LogP contribution < -0.4 is 10.6 Å².